The Kier molecular flexibility index (Phi) is 6.06. The van der Waals surface area contributed by atoms with Crippen molar-refractivity contribution in [2.75, 3.05) is 18.9 Å². The minimum Gasteiger partial charge on any atom is -0.373 e. The predicted octanol–water partition coefficient (Wildman–Crippen LogP) is 4.54. The molecule has 0 radical (unpaired) electrons. The summed E-state index contributed by atoms with van der Waals surface area (Å²) in [6.45, 7) is 11.0. The SMILES string of the molecule is CCn1c(C#CCNc2ccc(C(C)(C)C)nc2)cc2cc(CNC)ccc21. The first-order chi connectivity index (χ1) is 13.4. The van der Waals surface area contributed by atoms with Crippen molar-refractivity contribution in [2.24, 2.45) is 0 Å². The maximum Gasteiger partial charge on any atom is 0.0931 e. The molecule has 0 amide bonds. The van der Waals surface area contributed by atoms with Gasteiger partial charge < -0.3 is 15.2 Å². The average molecular weight is 375 g/mol. The third kappa shape index (κ3) is 4.55. The maximum absolute atomic E-state index is 4.55. The number of rotatable bonds is 5. The summed E-state index contributed by atoms with van der Waals surface area (Å²) in [7, 11) is 1.97. The Balaban J connectivity index is 1.72. The van der Waals surface area contributed by atoms with Crippen molar-refractivity contribution >= 4 is 16.6 Å². The van der Waals surface area contributed by atoms with E-state index in [1.807, 2.05) is 13.2 Å². The van der Waals surface area contributed by atoms with Crippen LogP contribution in [0.1, 0.15) is 44.6 Å². The minimum absolute atomic E-state index is 0.0684. The molecule has 0 atom stereocenters. The van der Waals surface area contributed by atoms with Crippen LogP contribution in [0.4, 0.5) is 5.69 Å². The van der Waals surface area contributed by atoms with Gasteiger partial charge in [0.1, 0.15) is 0 Å². The second kappa shape index (κ2) is 8.50. The molecule has 4 heteroatoms. The molecule has 0 fully saturated rings. The number of nitrogens with zero attached hydrogens (tertiary/aromatic N) is 2. The first kappa shape index (κ1) is 20.0. The summed E-state index contributed by atoms with van der Waals surface area (Å²) in [6, 6.07) is 12.9. The van der Waals surface area contributed by atoms with Crippen LogP contribution in [-0.4, -0.2) is 23.1 Å². The summed E-state index contributed by atoms with van der Waals surface area (Å²) in [5.41, 5.74) is 5.74. The van der Waals surface area contributed by atoms with E-state index in [4.69, 9.17) is 0 Å². The number of fused-ring (bicyclic) bond motifs is 1. The van der Waals surface area contributed by atoms with E-state index in [1.165, 1.54) is 16.5 Å². The van der Waals surface area contributed by atoms with Gasteiger partial charge in [0.15, 0.2) is 0 Å². The third-order valence-electron chi connectivity index (χ3n) is 4.79. The van der Waals surface area contributed by atoms with Crippen LogP contribution in [0, 0.1) is 11.8 Å². The monoisotopic (exact) mass is 374 g/mol. The van der Waals surface area contributed by atoms with Gasteiger partial charge in [-0.05, 0) is 55.8 Å². The number of aromatic nitrogens is 2. The van der Waals surface area contributed by atoms with Crippen molar-refractivity contribution in [3.8, 4) is 11.8 Å². The molecule has 4 nitrogen and oxygen atoms in total. The van der Waals surface area contributed by atoms with Crippen molar-refractivity contribution in [1.82, 2.24) is 14.9 Å². The highest BCUT2D eigenvalue weighted by Gasteiger charge is 2.14. The van der Waals surface area contributed by atoms with Crippen molar-refractivity contribution < 1.29 is 0 Å². The normalized spacial score (nSPS) is 11.3. The zero-order chi connectivity index (χ0) is 20.1. The third-order valence-corrected chi connectivity index (χ3v) is 4.79. The molecule has 1 aromatic carbocycles. The number of pyridine rings is 1. The Labute approximate surface area is 168 Å². The van der Waals surface area contributed by atoms with Crippen LogP contribution in [0.15, 0.2) is 42.6 Å². The van der Waals surface area contributed by atoms with Gasteiger partial charge in [0.05, 0.1) is 24.1 Å². The Morgan fingerprint density at radius 1 is 1.11 bits per heavy atom. The number of anilines is 1. The van der Waals surface area contributed by atoms with Crippen molar-refractivity contribution in [3.05, 3.63) is 59.5 Å². The molecule has 0 saturated carbocycles. The molecule has 0 spiro atoms. The Bertz CT molecular complexity index is 995. The quantitative estimate of drug-likeness (QED) is 0.645. The van der Waals surface area contributed by atoms with Gasteiger partial charge in [-0.3, -0.25) is 4.98 Å². The molecule has 2 aromatic heterocycles. The lowest BCUT2D eigenvalue weighted by atomic mass is 9.92. The smallest absolute Gasteiger partial charge is 0.0931 e. The molecule has 2 heterocycles. The summed E-state index contributed by atoms with van der Waals surface area (Å²) >= 11 is 0. The van der Waals surface area contributed by atoms with Gasteiger partial charge in [-0.1, -0.05) is 32.8 Å². The Morgan fingerprint density at radius 2 is 1.93 bits per heavy atom. The molecule has 3 aromatic rings. The van der Waals surface area contributed by atoms with Gasteiger partial charge in [-0.2, -0.15) is 0 Å². The standard InChI is InChI=1S/C24H30N4/c1-6-28-21(15-19-14-18(16-25-5)9-11-22(19)28)8-7-13-26-20-10-12-23(27-17-20)24(2,3)4/h9-12,14-15,17,25-26H,6,13,16H2,1-5H3. The molecule has 28 heavy (non-hydrogen) atoms. The average Bonchev–Trinajstić information content (AvgIpc) is 3.01. The van der Waals surface area contributed by atoms with Gasteiger partial charge in [0.25, 0.3) is 0 Å². The molecule has 0 unspecified atom stereocenters. The second-order valence-corrected chi connectivity index (χ2v) is 8.03. The lowest BCUT2D eigenvalue weighted by molar-refractivity contribution is 0.569. The zero-order valence-electron chi connectivity index (χ0n) is 17.6. The number of aryl methyl sites for hydroxylation is 1. The van der Waals surface area contributed by atoms with Gasteiger partial charge in [0, 0.05) is 35.1 Å². The maximum atomic E-state index is 4.55. The van der Waals surface area contributed by atoms with Crippen LogP contribution in [-0.2, 0) is 18.5 Å². The van der Waals surface area contributed by atoms with E-state index in [9.17, 15) is 0 Å². The van der Waals surface area contributed by atoms with Crippen molar-refractivity contribution in [2.45, 2.75) is 46.2 Å². The van der Waals surface area contributed by atoms with Crippen LogP contribution in [0.3, 0.4) is 0 Å². The van der Waals surface area contributed by atoms with Crippen LogP contribution in [0.5, 0.6) is 0 Å². The molecule has 0 aliphatic carbocycles. The summed E-state index contributed by atoms with van der Waals surface area (Å²) in [5, 5.41) is 7.79. The van der Waals surface area contributed by atoms with E-state index in [0.717, 1.165) is 30.2 Å². The van der Waals surface area contributed by atoms with E-state index >= 15 is 0 Å². The fraction of sp³-hybridized carbons (Fsp3) is 0.375. The Morgan fingerprint density at radius 3 is 2.57 bits per heavy atom. The number of benzene rings is 1. The summed E-state index contributed by atoms with van der Waals surface area (Å²) < 4.78 is 2.27. The molecule has 146 valence electrons. The van der Waals surface area contributed by atoms with Crippen LogP contribution >= 0.6 is 0 Å². The minimum atomic E-state index is 0.0684. The van der Waals surface area contributed by atoms with Gasteiger partial charge in [-0.15, -0.1) is 0 Å². The zero-order valence-corrected chi connectivity index (χ0v) is 17.6. The molecule has 0 bridgehead atoms. The highest BCUT2D eigenvalue weighted by molar-refractivity contribution is 5.83. The van der Waals surface area contributed by atoms with E-state index in [-0.39, 0.29) is 5.41 Å². The van der Waals surface area contributed by atoms with E-state index in [2.05, 4.69) is 96.1 Å². The van der Waals surface area contributed by atoms with Gasteiger partial charge in [0.2, 0.25) is 0 Å². The van der Waals surface area contributed by atoms with E-state index in [1.54, 1.807) is 0 Å². The molecule has 0 saturated heterocycles. The van der Waals surface area contributed by atoms with Crippen LogP contribution in [0.25, 0.3) is 10.9 Å². The number of hydrogen-bond acceptors (Lipinski definition) is 3. The van der Waals surface area contributed by atoms with Crippen molar-refractivity contribution in [3.63, 3.8) is 0 Å². The largest absolute Gasteiger partial charge is 0.373 e. The lowest BCUT2D eigenvalue weighted by Gasteiger charge is -2.17. The molecular weight excluding hydrogens is 344 g/mol. The van der Waals surface area contributed by atoms with Gasteiger partial charge >= 0.3 is 0 Å². The number of nitrogens with one attached hydrogen (secondary N) is 2. The van der Waals surface area contributed by atoms with E-state index < -0.39 is 0 Å². The Hall–Kier alpha value is -2.77. The number of hydrogen-bond donors (Lipinski definition) is 2. The highest BCUT2D eigenvalue weighted by Crippen LogP contribution is 2.22. The second-order valence-electron chi connectivity index (χ2n) is 8.03. The molecule has 2 N–H and O–H groups in total. The summed E-state index contributed by atoms with van der Waals surface area (Å²) in [5.74, 6) is 6.57. The molecule has 3 rings (SSSR count). The molecule has 0 aliphatic rings. The molecular formula is C24H30N4. The highest BCUT2D eigenvalue weighted by atomic mass is 15.0. The van der Waals surface area contributed by atoms with Crippen LogP contribution < -0.4 is 10.6 Å². The first-order valence-electron chi connectivity index (χ1n) is 9.88. The summed E-state index contributed by atoms with van der Waals surface area (Å²) in [4.78, 5) is 4.55. The lowest BCUT2D eigenvalue weighted by Crippen LogP contribution is -2.13. The summed E-state index contributed by atoms with van der Waals surface area (Å²) in [6.07, 6.45) is 1.88. The van der Waals surface area contributed by atoms with Gasteiger partial charge in [-0.25, -0.2) is 0 Å². The fourth-order valence-electron chi connectivity index (χ4n) is 3.30. The fourth-order valence-corrected chi connectivity index (χ4v) is 3.30. The predicted molar refractivity (Wildman–Crippen MR) is 119 cm³/mol. The topological polar surface area (TPSA) is 41.9 Å². The van der Waals surface area contributed by atoms with Crippen molar-refractivity contribution in [1.29, 1.82) is 0 Å². The first-order valence-corrected chi connectivity index (χ1v) is 9.88. The van der Waals surface area contributed by atoms with E-state index in [0.29, 0.717) is 6.54 Å². The molecule has 0 aliphatic heterocycles. The van der Waals surface area contributed by atoms with Crippen LogP contribution in [0.2, 0.25) is 0 Å².